The number of hydrogen-bond acceptors (Lipinski definition) is 3. The third kappa shape index (κ3) is 6.16. The van der Waals surface area contributed by atoms with Crippen molar-refractivity contribution in [1.29, 1.82) is 0 Å². The highest BCUT2D eigenvalue weighted by molar-refractivity contribution is 9.10. The highest BCUT2D eigenvalue weighted by Gasteiger charge is 2.10. The van der Waals surface area contributed by atoms with Gasteiger partial charge in [0.15, 0.2) is 0 Å². The average Bonchev–Trinajstić information content (AvgIpc) is 2.44. The molecule has 0 saturated carbocycles. The monoisotopic (exact) mass is 357 g/mol. The smallest absolute Gasteiger partial charge is 0.303 e. The highest BCUT2D eigenvalue weighted by atomic mass is 79.9. The Labute approximate surface area is 133 Å². The predicted octanol–water partition coefficient (Wildman–Crippen LogP) is 2.71. The van der Waals surface area contributed by atoms with Gasteiger partial charge in [-0.15, -0.1) is 0 Å². The van der Waals surface area contributed by atoms with Gasteiger partial charge in [-0.2, -0.15) is 0 Å². The lowest BCUT2D eigenvalue weighted by Crippen LogP contribution is -2.28. The van der Waals surface area contributed by atoms with Crippen LogP contribution >= 0.6 is 15.9 Å². The standard InChI is InChI=1S/C15H20BrNO4/c1-17(9-3-4-15(19)20)14(18)8-6-11-5-7-13(21-2)12(16)10-11/h5,7,10H,3-4,6,8-9H2,1-2H3,(H,19,20). The molecule has 6 heteroatoms. The van der Waals surface area contributed by atoms with E-state index >= 15 is 0 Å². The molecule has 116 valence electrons. The maximum atomic E-state index is 11.9. The minimum atomic E-state index is -0.834. The number of benzene rings is 1. The number of aryl methyl sites for hydroxylation is 1. The summed E-state index contributed by atoms with van der Waals surface area (Å²) in [7, 11) is 3.31. The number of amides is 1. The maximum Gasteiger partial charge on any atom is 0.303 e. The number of hydrogen-bond donors (Lipinski definition) is 1. The quantitative estimate of drug-likeness (QED) is 0.776. The molecule has 1 N–H and O–H groups in total. The zero-order chi connectivity index (χ0) is 15.8. The fourth-order valence-corrected chi connectivity index (χ4v) is 2.49. The van der Waals surface area contributed by atoms with Gasteiger partial charge in [-0.25, -0.2) is 0 Å². The van der Waals surface area contributed by atoms with Crippen molar-refractivity contribution >= 4 is 27.8 Å². The molecule has 1 amide bonds. The third-order valence-electron chi connectivity index (χ3n) is 3.15. The molecule has 0 spiro atoms. The number of methoxy groups -OCH3 is 1. The Bertz CT molecular complexity index is 504. The van der Waals surface area contributed by atoms with Crippen molar-refractivity contribution in [2.45, 2.75) is 25.7 Å². The fraction of sp³-hybridized carbons (Fsp3) is 0.467. The summed E-state index contributed by atoms with van der Waals surface area (Å²) in [6, 6.07) is 5.73. The highest BCUT2D eigenvalue weighted by Crippen LogP contribution is 2.26. The Hall–Kier alpha value is -1.56. The van der Waals surface area contributed by atoms with Crippen LogP contribution in [-0.2, 0) is 16.0 Å². The van der Waals surface area contributed by atoms with Crippen LogP contribution < -0.4 is 4.74 Å². The van der Waals surface area contributed by atoms with Gasteiger partial charge in [0, 0.05) is 26.4 Å². The Balaban J connectivity index is 2.41. The SMILES string of the molecule is COc1ccc(CCC(=O)N(C)CCCC(=O)O)cc1Br. The van der Waals surface area contributed by atoms with Gasteiger partial charge in [0.2, 0.25) is 5.91 Å². The van der Waals surface area contributed by atoms with Crippen molar-refractivity contribution in [3.8, 4) is 5.75 Å². The molecule has 0 bridgehead atoms. The van der Waals surface area contributed by atoms with E-state index in [0.717, 1.165) is 15.8 Å². The third-order valence-corrected chi connectivity index (χ3v) is 3.77. The predicted molar refractivity (Wildman–Crippen MR) is 83.5 cm³/mol. The van der Waals surface area contributed by atoms with Gasteiger partial charge in [0.05, 0.1) is 11.6 Å². The molecule has 0 saturated heterocycles. The number of carbonyl (C=O) groups excluding carboxylic acids is 1. The second-order valence-corrected chi connectivity index (χ2v) is 5.64. The zero-order valence-electron chi connectivity index (χ0n) is 12.3. The van der Waals surface area contributed by atoms with Crippen LogP contribution in [0.5, 0.6) is 5.75 Å². The average molecular weight is 358 g/mol. The Kier molecular flexibility index (Phi) is 7.22. The van der Waals surface area contributed by atoms with Crippen molar-refractivity contribution < 1.29 is 19.4 Å². The summed E-state index contributed by atoms with van der Waals surface area (Å²) < 4.78 is 6.02. The lowest BCUT2D eigenvalue weighted by Gasteiger charge is -2.16. The molecule has 1 aromatic rings. The van der Waals surface area contributed by atoms with Gasteiger partial charge in [0.1, 0.15) is 5.75 Å². The molecule has 5 nitrogen and oxygen atoms in total. The number of ether oxygens (including phenoxy) is 1. The van der Waals surface area contributed by atoms with Crippen LogP contribution in [-0.4, -0.2) is 42.6 Å². The summed E-state index contributed by atoms with van der Waals surface area (Å²) in [5, 5.41) is 8.57. The van der Waals surface area contributed by atoms with Gasteiger partial charge in [-0.1, -0.05) is 6.07 Å². The Morgan fingerprint density at radius 1 is 1.33 bits per heavy atom. The second-order valence-electron chi connectivity index (χ2n) is 4.78. The topological polar surface area (TPSA) is 66.8 Å². The van der Waals surface area contributed by atoms with Crippen LogP contribution in [0.15, 0.2) is 22.7 Å². The molecule has 0 aliphatic rings. The van der Waals surface area contributed by atoms with Crippen LogP contribution in [0.25, 0.3) is 0 Å². The lowest BCUT2D eigenvalue weighted by molar-refractivity contribution is -0.138. The van der Waals surface area contributed by atoms with Crippen LogP contribution in [0.3, 0.4) is 0 Å². The van der Waals surface area contributed by atoms with Gasteiger partial charge in [0.25, 0.3) is 0 Å². The summed E-state index contributed by atoms with van der Waals surface area (Å²) in [6.45, 7) is 0.470. The summed E-state index contributed by atoms with van der Waals surface area (Å²) in [5.41, 5.74) is 1.05. The van der Waals surface area contributed by atoms with Crippen molar-refractivity contribution in [2.24, 2.45) is 0 Å². The zero-order valence-corrected chi connectivity index (χ0v) is 13.9. The number of carbonyl (C=O) groups is 2. The first kappa shape index (κ1) is 17.5. The van der Waals surface area contributed by atoms with Crippen molar-refractivity contribution in [1.82, 2.24) is 4.90 Å². The van der Waals surface area contributed by atoms with E-state index in [0.29, 0.717) is 25.8 Å². The minimum Gasteiger partial charge on any atom is -0.496 e. The number of halogens is 1. The number of carboxylic acid groups (broad SMARTS) is 1. The lowest BCUT2D eigenvalue weighted by atomic mass is 10.1. The molecule has 0 heterocycles. The summed E-state index contributed by atoms with van der Waals surface area (Å²) >= 11 is 3.42. The van der Waals surface area contributed by atoms with Crippen LogP contribution in [0.1, 0.15) is 24.8 Å². The van der Waals surface area contributed by atoms with Crippen LogP contribution in [0.2, 0.25) is 0 Å². The summed E-state index contributed by atoms with van der Waals surface area (Å²) in [5.74, 6) is -0.0536. The molecular formula is C15H20BrNO4. The van der Waals surface area contributed by atoms with Crippen molar-refractivity contribution in [2.75, 3.05) is 20.7 Å². The van der Waals surface area contributed by atoms with Gasteiger partial charge in [-0.3, -0.25) is 9.59 Å². The van der Waals surface area contributed by atoms with Crippen molar-refractivity contribution in [3.63, 3.8) is 0 Å². The molecule has 0 atom stereocenters. The number of carboxylic acids is 1. The molecule has 0 fully saturated rings. The first-order chi connectivity index (χ1) is 9.93. The summed E-state index contributed by atoms with van der Waals surface area (Å²) in [6.07, 6.45) is 1.61. The van der Waals surface area contributed by atoms with E-state index in [2.05, 4.69) is 15.9 Å². The summed E-state index contributed by atoms with van der Waals surface area (Å²) in [4.78, 5) is 24.0. The van der Waals surface area contributed by atoms with Gasteiger partial charge >= 0.3 is 5.97 Å². The second kappa shape index (κ2) is 8.67. The minimum absolute atomic E-state index is 0.0207. The van der Waals surface area contributed by atoms with E-state index in [1.54, 1.807) is 19.1 Å². The van der Waals surface area contributed by atoms with E-state index in [1.807, 2.05) is 18.2 Å². The van der Waals surface area contributed by atoms with E-state index in [4.69, 9.17) is 9.84 Å². The first-order valence-electron chi connectivity index (χ1n) is 6.72. The fourth-order valence-electron chi connectivity index (χ4n) is 1.90. The van der Waals surface area contributed by atoms with Gasteiger partial charge in [-0.05, 0) is 46.5 Å². The molecule has 0 aliphatic carbocycles. The van der Waals surface area contributed by atoms with E-state index in [9.17, 15) is 9.59 Å². The van der Waals surface area contributed by atoms with E-state index in [-0.39, 0.29) is 12.3 Å². The van der Waals surface area contributed by atoms with Crippen LogP contribution in [0.4, 0.5) is 0 Å². The maximum absolute atomic E-state index is 11.9. The Morgan fingerprint density at radius 3 is 2.62 bits per heavy atom. The van der Waals surface area contributed by atoms with E-state index < -0.39 is 5.97 Å². The molecule has 0 aromatic heterocycles. The molecule has 1 rings (SSSR count). The van der Waals surface area contributed by atoms with Gasteiger partial charge < -0.3 is 14.7 Å². The van der Waals surface area contributed by atoms with Crippen LogP contribution in [0, 0.1) is 0 Å². The molecular weight excluding hydrogens is 338 g/mol. The molecule has 21 heavy (non-hydrogen) atoms. The normalized spacial score (nSPS) is 10.2. The number of rotatable bonds is 8. The number of nitrogens with zero attached hydrogens (tertiary/aromatic N) is 1. The largest absolute Gasteiger partial charge is 0.496 e. The molecule has 1 aromatic carbocycles. The number of aliphatic carboxylic acids is 1. The molecule has 0 aliphatic heterocycles. The first-order valence-corrected chi connectivity index (χ1v) is 7.51. The molecule has 0 unspecified atom stereocenters. The Morgan fingerprint density at radius 2 is 2.05 bits per heavy atom. The van der Waals surface area contributed by atoms with Crippen molar-refractivity contribution in [3.05, 3.63) is 28.2 Å². The van der Waals surface area contributed by atoms with E-state index in [1.165, 1.54) is 0 Å². The molecule has 0 radical (unpaired) electrons.